The summed E-state index contributed by atoms with van der Waals surface area (Å²) in [5.41, 5.74) is 3.60. The van der Waals surface area contributed by atoms with E-state index in [1.807, 2.05) is 13.0 Å². The molecule has 5 atom stereocenters. The zero-order chi connectivity index (χ0) is 33.8. The van der Waals surface area contributed by atoms with E-state index in [0.717, 1.165) is 4.90 Å². The predicted molar refractivity (Wildman–Crippen MR) is 165 cm³/mol. The van der Waals surface area contributed by atoms with Crippen LogP contribution in [0.1, 0.15) is 86.6 Å². The van der Waals surface area contributed by atoms with Gasteiger partial charge in [-0.15, -0.1) is 0 Å². The van der Waals surface area contributed by atoms with Crippen molar-refractivity contribution in [3.05, 3.63) is 35.9 Å². The minimum absolute atomic E-state index is 0.0431. The van der Waals surface area contributed by atoms with Gasteiger partial charge < -0.3 is 35.9 Å². The maximum absolute atomic E-state index is 14.1. The number of esters is 1. The molecule has 0 aliphatic heterocycles. The van der Waals surface area contributed by atoms with Crippen LogP contribution in [-0.2, 0) is 40.1 Å². The van der Waals surface area contributed by atoms with E-state index >= 15 is 0 Å². The van der Waals surface area contributed by atoms with E-state index in [0.29, 0.717) is 18.3 Å². The Kier molecular flexibility index (Phi) is 14.7. The second kappa shape index (κ2) is 16.9. The van der Waals surface area contributed by atoms with Crippen molar-refractivity contribution in [2.75, 3.05) is 0 Å². The van der Waals surface area contributed by atoms with Crippen molar-refractivity contribution in [2.24, 2.45) is 17.6 Å². The van der Waals surface area contributed by atoms with E-state index in [-0.39, 0.29) is 31.3 Å². The molecule has 1 aromatic rings. The van der Waals surface area contributed by atoms with Gasteiger partial charge in [-0.2, -0.15) is 0 Å². The van der Waals surface area contributed by atoms with E-state index in [4.69, 9.17) is 10.5 Å². The smallest absolute Gasteiger partial charge is 0.339 e. The van der Waals surface area contributed by atoms with Crippen LogP contribution in [0.4, 0.5) is 0 Å². The minimum atomic E-state index is -2.02. The Morgan fingerprint density at radius 2 is 1.59 bits per heavy atom. The molecule has 0 aliphatic rings. The molecule has 0 bridgehead atoms. The monoisotopic (exact) mass is 618 g/mol. The fourth-order valence-electron chi connectivity index (χ4n) is 4.90. The van der Waals surface area contributed by atoms with Crippen LogP contribution in [0, 0.1) is 11.8 Å². The summed E-state index contributed by atoms with van der Waals surface area (Å²) < 4.78 is 5.59. The highest BCUT2D eigenvalue weighted by molar-refractivity contribution is 6.04. The first-order valence-corrected chi connectivity index (χ1v) is 15.0. The normalized spacial score (nSPS) is 15.6. The zero-order valence-corrected chi connectivity index (χ0v) is 27.2. The van der Waals surface area contributed by atoms with Crippen LogP contribution >= 0.6 is 0 Å². The number of benzene rings is 1. The number of aliphatic carboxylic acids is 1. The number of amides is 3. The fourth-order valence-corrected chi connectivity index (χ4v) is 4.90. The number of carbonyl (C=O) groups is 6. The largest absolute Gasteiger partial charge is 0.481 e. The van der Waals surface area contributed by atoms with Crippen molar-refractivity contribution >= 4 is 35.9 Å². The Bertz CT molecular complexity index is 1150. The van der Waals surface area contributed by atoms with Crippen LogP contribution in [0.15, 0.2) is 30.3 Å². The van der Waals surface area contributed by atoms with Crippen molar-refractivity contribution in [3.8, 4) is 0 Å². The molecule has 0 saturated heterocycles. The lowest BCUT2D eigenvalue weighted by atomic mass is 9.84. The van der Waals surface area contributed by atoms with Crippen molar-refractivity contribution in [1.29, 1.82) is 0 Å². The summed E-state index contributed by atoms with van der Waals surface area (Å²) in [4.78, 5) is 79.2. The van der Waals surface area contributed by atoms with Gasteiger partial charge in [0.2, 0.25) is 17.7 Å². The van der Waals surface area contributed by atoms with E-state index in [9.17, 15) is 33.9 Å². The molecule has 0 radical (unpaired) electrons. The average Bonchev–Trinajstić information content (AvgIpc) is 2.95. The Morgan fingerprint density at radius 1 is 1.00 bits per heavy atom. The molecule has 0 heterocycles. The van der Waals surface area contributed by atoms with Gasteiger partial charge in [-0.25, -0.2) is 4.79 Å². The summed E-state index contributed by atoms with van der Waals surface area (Å²) >= 11 is 0. The van der Waals surface area contributed by atoms with Gasteiger partial charge in [0.15, 0.2) is 11.8 Å². The van der Waals surface area contributed by atoms with E-state index in [1.165, 1.54) is 6.92 Å². The molecule has 1 rings (SSSR count). The SMILES string of the molecule is CC[C@H](C)[C@H](N)C(=O)N[C@@H](CCC(=O)O)C(=O)N[C@@H](C)C(=O)N(C(C)(C)C)[C@](C=O)(CC(C)C)C(=O)OCc1ccccc1. The first kappa shape index (κ1) is 38.2. The summed E-state index contributed by atoms with van der Waals surface area (Å²) in [5.74, 6) is -4.66. The van der Waals surface area contributed by atoms with Crippen LogP contribution in [0.2, 0.25) is 0 Å². The molecule has 0 spiro atoms. The van der Waals surface area contributed by atoms with Gasteiger partial charge in [-0.3, -0.25) is 19.2 Å². The predicted octanol–water partition coefficient (Wildman–Crippen LogP) is 2.57. The molecule has 0 saturated carbocycles. The molecule has 5 N–H and O–H groups in total. The summed E-state index contributed by atoms with van der Waals surface area (Å²) in [6.45, 7) is 13.5. The van der Waals surface area contributed by atoms with E-state index in [2.05, 4.69) is 10.6 Å². The second-order valence-corrected chi connectivity index (χ2v) is 12.7. The fraction of sp³-hybridized carbons (Fsp3) is 0.625. The molecule has 0 aromatic heterocycles. The van der Waals surface area contributed by atoms with Gasteiger partial charge in [0.05, 0.1) is 6.04 Å². The van der Waals surface area contributed by atoms with Gasteiger partial charge in [0.25, 0.3) is 0 Å². The quantitative estimate of drug-likeness (QED) is 0.116. The van der Waals surface area contributed by atoms with E-state index < -0.39 is 65.3 Å². The summed E-state index contributed by atoms with van der Waals surface area (Å²) in [6, 6.07) is 5.40. The molecule has 246 valence electrons. The van der Waals surface area contributed by atoms with Crippen LogP contribution < -0.4 is 16.4 Å². The third kappa shape index (κ3) is 10.7. The Hall–Kier alpha value is -3.80. The Balaban J connectivity index is 3.38. The van der Waals surface area contributed by atoms with Crippen molar-refractivity contribution in [1.82, 2.24) is 15.5 Å². The van der Waals surface area contributed by atoms with Crippen LogP contribution in [0.5, 0.6) is 0 Å². The number of nitrogens with one attached hydrogen (secondary N) is 2. The van der Waals surface area contributed by atoms with E-state index in [1.54, 1.807) is 65.8 Å². The number of carbonyl (C=O) groups excluding carboxylic acids is 5. The molecule has 0 unspecified atom stereocenters. The van der Waals surface area contributed by atoms with Gasteiger partial charge >= 0.3 is 11.9 Å². The molecular formula is C32H50N4O8. The molecule has 1 aromatic carbocycles. The van der Waals surface area contributed by atoms with Crippen LogP contribution in [0.3, 0.4) is 0 Å². The second-order valence-electron chi connectivity index (χ2n) is 12.7. The highest BCUT2D eigenvalue weighted by Crippen LogP contribution is 2.32. The van der Waals surface area contributed by atoms with Gasteiger partial charge in [0.1, 0.15) is 18.7 Å². The van der Waals surface area contributed by atoms with Crippen molar-refractivity contribution < 1.29 is 38.6 Å². The molecular weight excluding hydrogens is 568 g/mol. The van der Waals surface area contributed by atoms with Crippen LogP contribution in [-0.4, -0.2) is 75.2 Å². The van der Waals surface area contributed by atoms with Gasteiger partial charge in [0, 0.05) is 12.0 Å². The lowest BCUT2D eigenvalue weighted by molar-refractivity contribution is -0.174. The number of carboxylic acids is 1. The third-order valence-electron chi connectivity index (χ3n) is 7.34. The number of hydrogen-bond acceptors (Lipinski definition) is 8. The van der Waals surface area contributed by atoms with Crippen molar-refractivity contribution in [3.63, 3.8) is 0 Å². The minimum Gasteiger partial charge on any atom is -0.481 e. The standard InChI is InChI=1S/C32H50N4O8/c1-9-21(4)26(33)28(41)35-24(15-16-25(38)39)27(40)34-22(5)29(42)36(31(6,7)8)32(19-37,17-20(2)3)30(43)44-18-23-13-11-10-12-14-23/h10-14,19-22,24,26H,9,15-18,33H2,1-8H3,(H,34,40)(H,35,41)(H,38,39)/t21-,22-,24-,26-,32-/m0/s1. The molecule has 3 amide bonds. The lowest BCUT2D eigenvalue weighted by Crippen LogP contribution is -2.68. The molecule has 12 heteroatoms. The summed E-state index contributed by atoms with van der Waals surface area (Å²) in [5, 5.41) is 14.3. The topological polar surface area (TPSA) is 185 Å². The van der Waals surface area contributed by atoms with Gasteiger partial charge in [-0.1, -0.05) is 64.4 Å². The maximum atomic E-state index is 14.1. The van der Waals surface area contributed by atoms with Crippen molar-refractivity contribution in [2.45, 2.75) is 117 Å². The molecule has 0 fully saturated rings. The number of aldehydes is 1. The first-order chi connectivity index (χ1) is 20.4. The Labute approximate surface area is 260 Å². The van der Waals surface area contributed by atoms with Gasteiger partial charge in [-0.05, 0) is 57.9 Å². The van der Waals surface area contributed by atoms with Crippen LogP contribution in [0.25, 0.3) is 0 Å². The molecule has 0 aliphatic carbocycles. The first-order valence-electron chi connectivity index (χ1n) is 15.0. The molecule has 12 nitrogen and oxygen atoms in total. The highest BCUT2D eigenvalue weighted by Gasteiger charge is 2.53. The summed E-state index contributed by atoms with van der Waals surface area (Å²) in [6.07, 6.45) is 0.310. The number of ether oxygens (including phenoxy) is 1. The average molecular weight is 619 g/mol. The zero-order valence-electron chi connectivity index (χ0n) is 27.2. The molecule has 44 heavy (non-hydrogen) atoms. The lowest BCUT2D eigenvalue weighted by Gasteiger charge is -2.47. The number of carboxylic acid groups (broad SMARTS) is 1. The number of rotatable bonds is 17. The summed E-state index contributed by atoms with van der Waals surface area (Å²) in [7, 11) is 0. The maximum Gasteiger partial charge on any atom is 0.339 e. The number of hydrogen-bond donors (Lipinski definition) is 4. The third-order valence-corrected chi connectivity index (χ3v) is 7.34. The Morgan fingerprint density at radius 3 is 2.07 bits per heavy atom. The number of nitrogens with zero attached hydrogens (tertiary/aromatic N) is 1. The number of nitrogens with two attached hydrogens (primary N) is 1. The highest BCUT2D eigenvalue weighted by atomic mass is 16.5.